The van der Waals surface area contributed by atoms with Crippen LogP contribution >= 0.6 is 0 Å². The molecular weight excluding hydrogens is 376 g/mol. The van der Waals surface area contributed by atoms with Gasteiger partial charge in [0.2, 0.25) is 0 Å². The molecule has 0 spiro atoms. The maximum absolute atomic E-state index is 12.7. The summed E-state index contributed by atoms with van der Waals surface area (Å²) in [6.45, 7) is 6.39. The maximum atomic E-state index is 12.7. The number of carbonyl (C=O) groups is 2. The normalized spacial score (nSPS) is 25.3. The second kappa shape index (κ2) is 11.0. The Kier molecular flexibility index (Phi) is 8.70. The number of ether oxygens (including phenoxy) is 3. The topological polar surface area (TPSA) is 107 Å². The molecule has 1 aliphatic rings. The molecule has 1 fully saturated rings. The number of unbranched alkanes of at least 4 members (excludes halogenated alkanes) is 1. The molecule has 0 aromatic carbocycles. The minimum atomic E-state index is -0.889. The fraction of sp³-hybridized carbons (Fsp3) is 0.667. The molecule has 1 amide bonds. The number of nitrogens with one attached hydrogen (secondary N) is 1. The van der Waals surface area contributed by atoms with Crippen molar-refractivity contribution in [1.82, 2.24) is 10.3 Å². The molecule has 0 unspecified atom stereocenters. The lowest BCUT2D eigenvalue weighted by Gasteiger charge is -2.30. The van der Waals surface area contributed by atoms with E-state index in [2.05, 4.69) is 24.1 Å². The maximum Gasteiger partial charge on any atom is 0.329 e. The molecule has 0 bridgehead atoms. The number of aromatic hydroxyl groups is 1. The third-order valence-electron chi connectivity index (χ3n) is 5.33. The summed E-state index contributed by atoms with van der Waals surface area (Å²) in [6.07, 6.45) is 5.15. The summed E-state index contributed by atoms with van der Waals surface area (Å²) in [6, 6.07) is 0.553. The van der Waals surface area contributed by atoms with Crippen LogP contribution in [0.5, 0.6) is 11.5 Å². The first-order valence-corrected chi connectivity index (χ1v) is 10.3. The van der Waals surface area contributed by atoms with Crippen molar-refractivity contribution >= 4 is 11.9 Å². The number of hydrogen-bond donors (Lipinski definition) is 2. The third kappa shape index (κ3) is 5.82. The Morgan fingerprint density at radius 3 is 2.83 bits per heavy atom. The van der Waals surface area contributed by atoms with Gasteiger partial charge in [0.1, 0.15) is 12.1 Å². The van der Waals surface area contributed by atoms with E-state index in [0.29, 0.717) is 6.61 Å². The van der Waals surface area contributed by atoms with Gasteiger partial charge in [0.15, 0.2) is 17.2 Å². The number of hydrogen-bond acceptors (Lipinski definition) is 7. The molecule has 2 rings (SSSR count). The van der Waals surface area contributed by atoms with E-state index in [1.165, 1.54) is 19.4 Å². The first kappa shape index (κ1) is 22.9. The van der Waals surface area contributed by atoms with E-state index in [0.717, 1.165) is 25.7 Å². The number of cyclic esters (lactones) is 1. The van der Waals surface area contributed by atoms with Gasteiger partial charge in [-0.2, -0.15) is 0 Å². The van der Waals surface area contributed by atoms with Crippen LogP contribution in [0.15, 0.2) is 12.3 Å². The molecule has 2 N–H and O–H groups in total. The molecule has 0 saturated carbocycles. The van der Waals surface area contributed by atoms with E-state index in [9.17, 15) is 14.7 Å². The summed E-state index contributed by atoms with van der Waals surface area (Å²) in [5.41, 5.74) is -0.210. The minimum absolute atomic E-state index is 0.00268. The van der Waals surface area contributed by atoms with Crippen LogP contribution < -0.4 is 10.1 Å². The summed E-state index contributed by atoms with van der Waals surface area (Å²) in [5.74, 6) is -1.31. The fourth-order valence-electron chi connectivity index (χ4n) is 3.64. The molecule has 0 radical (unpaired) electrons. The van der Waals surface area contributed by atoms with Crippen LogP contribution in [0, 0.1) is 5.92 Å². The summed E-state index contributed by atoms with van der Waals surface area (Å²) in [7, 11) is 1.38. The van der Waals surface area contributed by atoms with E-state index in [1.54, 1.807) is 0 Å². The Morgan fingerprint density at radius 1 is 1.41 bits per heavy atom. The van der Waals surface area contributed by atoms with Crippen LogP contribution in [0.1, 0.15) is 63.4 Å². The third-order valence-corrected chi connectivity index (χ3v) is 5.33. The number of carbonyl (C=O) groups excluding carboxylic acids is 2. The quantitative estimate of drug-likeness (QED) is 0.668. The number of methoxy groups -OCH3 is 1. The first-order chi connectivity index (χ1) is 13.9. The zero-order chi connectivity index (χ0) is 21.4. The van der Waals surface area contributed by atoms with Crippen molar-refractivity contribution in [1.29, 1.82) is 0 Å². The molecule has 4 atom stereocenters. The van der Waals surface area contributed by atoms with Gasteiger partial charge in [-0.05, 0) is 19.8 Å². The number of pyridine rings is 1. The standard InChI is InChI=1S/C21H32N2O6/c1-5-7-8-14-13(3)29-21(26)15(10-12-28-16(14)6-2)23-20(25)18-19(24)17(27-4)9-11-22-18/h9,11,13-16,24H,5-8,10,12H2,1-4H3,(H,23,25)/t13-,14-,15-,16+/m0/s1. The zero-order valence-corrected chi connectivity index (χ0v) is 17.6. The number of rotatable bonds is 7. The molecule has 8 nitrogen and oxygen atoms in total. The van der Waals surface area contributed by atoms with Crippen LogP contribution in [0.25, 0.3) is 0 Å². The van der Waals surface area contributed by atoms with Gasteiger partial charge in [-0.1, -0.05) is 26.7 Å². The molecule has 8 heteroatoms. The van der Waals surface area contributed by atoms with Crippen molar-refractivity contribution in [3.8, 4) is 11.5 Å². The molecule has 29 heavy (non-hydrogen) atoms. The second-order valence-electron chi connectivity index (χ2n) is 7.29. The molecule has 0 aliphatic carbocycles. The number of esters is 1. The van der Waals surface area contributed by atoms with Crippen molar-refractivity contribution < 1.29 is 28.9 Å². The lowest BCUT2D eigenvalue weighted by molar-refractivity contribution is -0.154. The van der Waals surface area contributed by atoms with E-state index in [-0.39, 0.29) is 41.7 Å². The van der Waals surface area contributed by atoms with Gasteiger partial charge in [0, 0.05) is 31.2 Å². The molecular formula is C21H32N2O6. The van der Waals surface area contributed by atoms with Crippen molar-refractivity contribution in [2.24, 2.45) is 5.92 Å². The first-order valence-electron chi connectivity index (χ1n) is 10.3. The Balaban J connectivity index is 2.14. The summed E-state index contributed by atoms with van der Waals surface area (Å²) >= 11 is 0. The zero-order valence-electron chi connectivity index (χ0n) is 17.6. The van der Waals surface area contributed by atoms with Crippen molar-refractivity contribution in [2.45, 2.75) is 71.1 Å². The SMILES string of the molecule is CCCC[C@H]1[C@H](C)OC(=O)[C@@H](NC(=O)c2nccc(OC)c2O)CCO[C@@H]1CC. The van der Waals surface area contributed by atoms with E-state index in [1.807, 2.05) is 6.92 Å². The monoisotopic (exact) mass is 408 g/mol. The van der Waals surface area contributed by atoms with Gasteiger partial charge in [-0.15, -0.1) is 0 Å². The van der Waals surface area contributed by atoms with Crippen molar-refractivity contribution in [3.63, 3.8) is 0 Å². The molecule has 1 aliphatic heterocycles. The Bertz CT molecular complexity index is 696. The van der Waals surface area contributed by atoms with Gasteiger partial charge < -0.3 is 24.6 Å². The summed E-state index contributed by atoms with van der Waals surface area (Å²) in [5, 5.41) is 12.7. The fourth-order valence-corrected chi connectivity index (χ4v) is 3.64. The highest BCUT2D eigenvalue weighted by atomic mass is 16.6. The largest absolute Gasteiger partial charge is 0.503 e. The summed E-state index contributed by atoms with van der Waals surface area (Å²) in [4.78, 5) is 29.2. The smallest absolute Gasteiger partial charge is 0.329 e. The lowest BCUT2D eigenvalue weighted by atomic mass is 9.89. The highest BCUT2D eigenvalue weighted by molar-refractivity contribution is 5.97. The molecule has 1 aromatic heterocycles. The van der Waals surface area contributed by atoms with Crippen molar-refractivity contribution in [3.05, 3.63) is 18.0 Å². The van der Waals surface area contributed by atoms with Gasteiger partial charge in [-0.3, -0.25) is 4.79 Å². The van der Waals surface area contributed by atoms with Crippen LogP contribution in [0.3, 0.4) is 0 Å². The Morgan fingerprint density at radius 2 is 2.17 bits per heavy atom. The second-order valence-corrected chi connectivity index (χ2v) is 7.29. The van der Waals surface area contributed by atoms with Crippen LogP contribution in [0.2, 0.25) is 0 Å². The van der Waals surface area contributed by atoms with Gasteiger partial charge in [0.25, 0.3) is 5.91 Å². The highest BCUT2D eigenvalue weighted by Crippen LogP contribution is 2.28. The highest BCUT2D eigenvalue weighted by Gasteiger charge is 2.34. The van der Waals surface area contributed by atoms with Gasteiger partial charge >= 0.3 is 5.97 Å². The predicted octanol–water partition coefficient (Wildman–Crippen LogP) is 2.83. The Labute approximate surface area is 171 Å². The minimum Gasteiger partial charge on any atom is -0.503 e. The average molecular weight is 408 g/mol. The lowest BCUT2D eigenvalue weighted by Crippen LogP contribution is -2.44. The average Bonchev–Trinajstić information content (AvgIpc) is 2.75. The predicted molar refractivity (Wildman–Crippen MR) is 107 cm³/mol. The summed E-state index contributed by atoms with van der Waals surface area (Å²) < 4.78 is 16.7. The molecule has 2 heterocycles. The van der Waals surface area contributed by atoms with E-state index >= 15 is 0 Å². The number of aromatic nitrogens is 1. The number of nitrogens with zero attached hydrogens (tertiary/aromatic N) is 1. The van der Waals surface area contributed by atoms with Crippen LogP contribution in [-0.2, 0) is 14.3 Å². The van der Waals surface area contributed by atoms with E-state index < -0.39 is 17.9 Å². The molecule has 1 aromatic rings. The number of amides is 1. The van der Waals surface area contributed by atoms with Crippen molar-refractivity contribution in [2.75, 3.05) is 13.7 Å². The van der Waals surface area contributed by atoms with Crippen LogP contribution in [0.4, 0.5) is 0 Å². The molecule has 1 saturated heterocycles. The van der Waals surface area contributed by atoms with E-state index in [4.69, 9.17) is 14.2 Å². The molecule has 162 valence electrons. The van der Waals surface area contributed by atoms with Crippen LogP contribution in [-0.4, -0.2) is 53.9 Å². The van der Waals surface area contributed by atoms with Gasteiger partial charge in [-0.25, -0.2) is 9.78 Å². The Hall–Kier alpha value is -2.35. The van der Waals surface area contributed by atoms with Gasteiger partial charge in [0.05, 0.1) is 13.2 Å².